The first-order valence-corrected chi connectivity index (χ1v) is 9.24. The molecule has 1 unspecified atom stereocenters. The van der Waals surface area contributed by atoms with Crippen LogP contribution in [0.1, 0.15) is 96.4 Å². The Labute approximate surface area is 138 Å². The second kappa shape index (κ2) is 9.86. The zero-order chi connectivity index (χ0) is 16.4. The molecular formula is C20H36N2. The summed E-state index contributed by atoms with van der Waals surface area (Å²) in [4.78, 5) is 0. The lowest BCUT2D eigenvalue weighted by Crippen LogP contribution is -2.25. The summed E-state index contributed by atoms with van der Waals surface area (Å²) in [6, 6.07) is 2.24. The molecule has 0 aliphatic carbocycles. The van der Waals surface area contributed by atoms with Crippen LogP contribution in [0.3, 0.4) is 0 Å². The number of aryl methyl sites for hydroxylation is 1. The van der Waals surface area contributed by atoms with Gasteiger partial charge in [0, 0.05) is 18.2 Å². The Morgan fingerprint density at radius 1 is 1.05 bits per heavy atom. The second-order valence-electron chi connectivity index (χ2n) is 6.96. The molecule has 0 aliphatic heterocycles. The highest BCUT2D eigenvalue weighted by atomic mass is 15.3. The quantitative estimate of drug-likeness (QED) is 0.417. The van der Waals surface area contributed by atoms with E-state index in [1.54, 1.807) is 0 Å². The number of nitrogens with zero attached hydrogens (tertiary/aromatic N) is 2. The number of unbranched alkanes of at least 4 members (excludes halogenated alkanes) is 6. The van der Waals surface area contributed by atoms with Gasteiger partial charge >= 0.3 is 0 Å². The van der Waals surface area contributed by atoms with Gasteiger partial charge in [-0.05, 0) is 25.0 Å². The van der Waals surface area contributed by atoms with E-state index in [1.165, 1.54) is 69.9 Å². The van der Waals surface area contributed by atoms with E-state index in [-0.39, 0.29) is 5.41 Å². The van der Waals surface area contributed by atoms with Gasteiger partial charge in [0.2, 0.25) is 0 Å². The summed E-state index contributed by atoms with van der Waals surface area (Å²) in [6.07, 6.45) is 15.1. The van der Waals surface area contributed by atoms with Crippen molar-refractivity contribution < 1.29 is 0 Å². The molecule has 1 aromatic heterocycles. The minimum atomic E-state index is 0.254. The maximum absolute atomic E-state index is 4.58. The molecule has 0 amide bonds. The molecule has 0 spiro atoms. The van der Waals surface area contributed by atoms with Crippen molar-refractivity contribution in [2.24, 2.45) is 7.05 Å². The Morgan fingerprint density at radius 2 is 1.59 bits per heavy atom. The van der Waals surface area contributed by atoms with E-state index >= 15 is 0 Å². The molecule has 1 atom stereocenters. The van der Waals surface area contributed by atoms with E-state index in [0.29, 0.717) is 0 Å². The van der Waals surface area contributed by atoms with Crippen LogP contribution in [-0.4, -0.2) is 9.78 Å². The number of rotatable bonds is 12. The minimum Gasteiger partial charge on any atom is -0.272 e. The van der Waals surface area contributed by atoms with Crippen LogP contribution >= 0.6 is 0 Å². The van der Waals surface area contributed by atoms with E-state index in [2.05, 4.69) is 50.2 Å². The van der Waals surface area contributed by atoms with Crippen molar-refractivity contribution in [2.45, 2.75) is 90.4 Å². The first-order valence-electron chi connectivity index (χ1n) is 9.24. The fraction of sp³-hybridized carbons (Fsp3) is 0.750. The van der Waals surface area contributed by atoms with Crippen LogP contribution in [0.4, 0.5) is 0 Å². The third-order valence-electron chi connectivity index (χ3n) is 4.89. The van der Waals surface area contributed by atoms with Crippen molar-refractivity contribution >= 4 is 6.08 Å². The first-order chi connectivity index (χ1) is 10.6. The van der Waals surface area contributed by atoms with Gasteiger partial charge in [-0.15, -0.1) is 0 Å². The number of aromatic nitrogens is 2. The number of hydrogen-bond acceptors (Lipinski definition) is 1. The monoisotopic (exact) mass is 304 g/mol. The van der Waals surface area contributed by atoms with Crippen molar-refractivity contribution in [3.63, 3.8) is 0 Å². The molecule has 2 heteroatoms. The lowest BCUT2D eigenvalue weighted by molar-refractivity contribution is 0.343. The molecule has 2 nitrogen and oxygen atoms in total. The van der Waals surface area contributed by atoms with Crippen molar-refractivity contribution in [1.29, 1.82) is 0 Å². The number of hydrogen-bond donors (Lipinski definition) is 0. The van der Waals surface area contributed by atoms with Crippen LogP contribution in [0.15, 0.2) is 12.6 Å². The van der Waals surface area contributed by atoms with Crippen LogP contribution < -0.4 is 0 Å². The Bertz CT molecular complexity index is 433. The van der Waals surface area contributed by atoms with Crippen LogP contribution in [0, 0.1) is 0 Å². The largest absolute Gasteiger partial charge is 0.272 e. The normalized spacial score (nSPS) is 14.0. The van der Waals surface area contributed by atoms with E-state index in [9.17, 15) is 0 Å². The highest BCUT2D eigenvalue weighted by molar-refractivity contribution is 5.43. The molecule has 1 aromatic rings. The van der Waals surface area contributed by atoms with Crippen molar-refractivity contribution in [3.8, 4) is 0 Å². The van der Waals surface area contributed by atoms with E-state index in [1.807, 2.05) is 6.08 Å². The molecule has 0 radical (unpaired) electrons. The molecule has 0 N–H and O–H groups in total. The standard InChI is InChI=1S/C20H36N2/c1-6-9-11-12-14-16-20(4,15-13-10-7-2)19-17-18(8-3)21-22(19)5/h8,17H,3,6-7,9-16H2,1-2,4-5H3. The Kier molecular flexibility index (Phi) is 8.52. The molecular weight excluding hydrogens is 268 g/mol. The van der Waals surface area contributed by atoms with Gasteiger partial charge in [-0.1, -0.05) is 78.7 Å². The molecule has 126 valence electrons. The summed E-state index contributed by atoms with van der Waals surface area (Å²) in [5.74, 6) is 0. The summed E-state index contributed by atoms with van der Waals surface area (Å²) in [6.45, 7) is 10.9. The third-order valence-corrected chi connectivity index (χ3v) is 4.89. The topological polar surface area (TPSA) is 17.8 Å². The van der Waals surface area contributed by atoms with E-state index in [4.69, 9.17) is 0 Å². The Hall–Kier alpha value is -1.05. The molecule has 0 saturated heterocycles. The van der Waals surface area contributed by atoms with Gasteiger partial charge in [0.25, 0.3) is 0 Å². The maximum Gasteiger partial charge on any atom is 0.0848 e. The summed E-state index contributed by atoms with van der Waals surface area (Å²) in [7, 11) is 2.08. The summed E-state index contributed by atoms with van der Waals surface area (Å²) >= 11 is 0. The molecule has 0 saturated carbocycles. The molecule has 1 heterocycles. The maximum atomic E-state index is 4.58. The molecule has 1 rings (SSSR count). The molecule has 0 bridgehead atoms. The zero-order valence-electron chi connectivity index (χ0n) is 15.3. The second-order valence-corrected chi connectivity index (χ2v) is 6.96. The van der Waals surface area contributed by atoms with Gasteiger partial charge in [0.1, 0.15) is 0 Å². The molecule has 0 aromatic carbocycles. The summed E-state index contributed by atoms with van der Waals surface area (Å²) in [5.41, 5.74) is 2.64. The zero-order valence-corrected chi connectivity index (χ0v) is 15.3. The first kappa shape index (κ1) is 19.0. The smallest absolute Gasteiger partial charge is 0.0848 e. The van der Waals surface area contributed by atoms with Crippen molar-refractivity contribution in [2.75, 3.05) is 0 Å². The van der Waals surface area contributed by atoms with Crippen LogP contribution in [-0.2, 0) is 12.5 Å². The van der Waals surface area contributed by atoms with E-state index < -0.39 is 0 Å². The van der Waals surface area contributed by atoms with Crippen LogP contribution in [0.2, 0.25) is 0 Å². The van der Waals surface area contributed by atoms with Gasteiger partial charge in [0.05, 0.1) is 5.69 Å². The van der Waals surface area contributed by atoms with Gasteiger partial charge < -0.3 is 0 Å². The summed E-state index contributed by atoms with van der Waals surface area (Å²) in [5, 5.41) is 4.58. The minimum absolute atomic E-state index is 0.254. The predicted octanol–water partition coefficient (Wildman–Crippen LogP) is 6.26. The third kappa shape index (κ3) is 5.62. The SMILES string of the molecule is C=Cc1cc(C(C)(CCCCC)CCCCCCC)n(C)n1. The molecule has 22 heavy (non-hydrogen) atoms. The lowest BCUT2D eigenvalue weighted by atomic mass is 9.77. The lowest BCUT2D eigenvalue weighted by Gasteiger charge is -2.30. The fourth-order valence-electron chi connectivity index (χ4n) is 3.42. The van der Waals surface area contributed by atoms with Crippen molar-refractivity contribution in [1.82, 2.24) is 9.78 Å². The van der Waals surface area contributed by atoms with Crippen molar-refractivity contribution in [3.05, 3.63) is 24.0 Å². The fourth-order valence-corrected chi connectivity index (χ4v) is 3.42. The van der Waals surface area contributed by atoms with Gasteiger partial charge in [-0.3, -0.25) is 4.68 Å². The van der Waals surface area contributed by atoms with Gasteiger partial charge in [-0.2, -0.15) is 5.10 Å². The molecule has 0 fully saturated rings. The van der Waals surface area contributed by atoms with Crippen LogP contribution in [0.25, 0.3) is 6.08 Å². The summed E-state index contributed by atoms with van der Waals surface area (Å²) < 4.78 is 2.08. The Morgan fingerprint density at radius 3 is 2.14 bits per heavy atom. The molecule has 0 aliphatic rings. The predicted molar refractivity (Wildman–Crippen MR) is 98.2 cm³/mol. The van der Waals surface area contributed by atoms with Gasteiger partial charge in [0.15, 0.2) is 0 Å². The average molecular weight is 305 g/mol. The average Bonchev–Trinajstić information content (AvgIpc) is 2.89. The highest BCUT2D eigenvalue weighted by Gasteiger charge is 2.29. The van der Waals surface area contributed by atoms with E-state index in [0.717, 1.165) is 5.69 Å². The Balaban J connectivity index is 2.75. The van der Waals surface area contributed by atoms with Gasteiger partial charge in [-0.25, -0.2) is 0 Å². The van der Waals surface area contributed by atoms with Crippen LogP contribution in [0.5, 0.6) is 0 Å². The highest BCUT2D eigenvalue weighted by Crippen LogP contribution is 2.35.